The summed E-state index contributed by atoms with van der Waals surface area (Å²) in [6.07, 6.45) is 0.893. The van der Waals surface area contributed by atoms with Crippen LogP contribution in [0.5, 0.6) is 5.75 Å². The number of hydrogen-bond donors (Lipinski definition) is 2. The van der Waals surface area contributed by atoms with Crippen molar-refractivity contribution in [3.63, 3.8) is 0 Å². The van der Waals surface area contributed by atoms with Crippen LogP contribution in [0, 0.1) is 5.82 Å². The van der Waals surface area contributed by atoms with Crippen LogP contribution in [0.4, 0.5) is 4.39 Å². The molecule has 5 nitrogen and oxygen atoms in total. The van der Waals surface area contributed by atoms with Crippen molar-refractivity contribution in [1.82, 2.24) is 10.9 Å². The minimum absolute atomic E-state index is 0.0116. The molecule has 1 aromatic heterocycles. The van der Waals surface area contributed by atoms with E-state index in [-0.39, 0.29) is 11.7 Å². The Morgan fingerprint density at radius 1 is 1.21 bits per heavy atom. The molecule has 128 valence electrons. The summed E-state index contributed by atoms with van der Waals surface area (Å²) in [7, 11) is 0. The molecule has 0 spiro atoms. The molecule has 0 saturated heterocycles. The summed E-state index contributed by atoms with van der Waals surface area (Å²) in [5, 5.41) is 1.99. The zero-order chi connectivity index (χ0) is 17.4. The van der Waals surface area contributed by atoms with Crippen LogP contribution in [0.3, 0.4) is 0 Å². The third kappa shape index (κ3) is 5.66. The van der Waals surface area contributed by atoms with Gasteiger partial charge in [0.2, 0.25) is 5.91 Å². The predicted octanol–water partition coefficient (Wildman–Crippen LogP) is 2.82. The fourth-order valence-corrected chi connectivity index (χ4v) is 2.71. The van der Waals surface area contributed by atoms with Crippen molar-refractivity contribution >= 4 is 23.2 Å². The van der Waals surface area contributed by atoms with Crippen molar-refractivity contribution in [2.75, 3.05) is 0 Å². The molecule has 2 amide bonds. The second-order valence-electron chi connectivity index (χ2n) is 5.16. The number of hydrazine groups is 1. The summed E-state index contributed by atoms with van der Waals surface area (Å²) < 4.78 is 18.7. The van der Waals surface area contributed by atoms with E-state index in [4.69, 9.17) is 4.74 Å². The lowest BCUT2D eigenvalue weighted by atomic mass is 10.2. The second-order valence-corrected chi connectivity index (χ2v) is 6.19. The first-order valence-corrected chi connectivity index (χ1v) is 8.46. The maximum absolute atomic E-state index is 13.5. The van der Waals surface area contributed by atoms with Gasteiger partial charge in [-0.3, -0.25) is 20.4 Å². The summed E-state index contributed by atoms with van der Waals surface area (Å²) in [5.41, 5.74) is 4.62. The van der Waals surface area contributed by atoms with Gasteiger partial charge in [0.1, 0.15) is 0 Å². The highest BCUT2D eigenvalue weighted by Gasteiger charge is 2.16. The Morgan fingerprint density at radius 2 is 2.00 bits per heavy atom. The maximum Gasteiger partial charge on any atom is 0.279 e. The number of aryl methyl sites for hydroxylation is 1. The van der Waals surface area contributed by atoms with Crippen molar-refractivity contribution in [1.29, 1.82) is 0 Å². The van der Waals surface area contributed by atoms with E-state index in [0.717, 1.165) is 6.42 Å². The van der Waals surface area contributed by atoms with Crippen molar-refractivity contribution in [2.45, 2.75) is 32.3 Å². The maximum atomic E-state index is 13.5. The van der Waals surface area contributed by atoms with E-state index in [1.807, 2.05) is 17.5 Å². The molecule has 1 atom stereocenters. The molecule has 0 saturated carbocycles. The number of hydrogen-bond acceptors (Lipinski definition) is 4. The molecule has 1 aromatic carbocycles. The normalized spacial score (nSPS) is 11.6. The van der Waals surface area contributed by atoms with E-state index in [2.05, 4.69) is 10.9 Å². The summed E-state index contributed by atoms with van der Waals surface area (Å²) in [4.78, 5) is 24.8. The van der Waals surface area contributed by atoms with Crippen LogP contribution in [0.15, 0.2) is 41.8 Å². The van der Waals surface area contributed by atoms with Crippen LogP contribution < -0.4 is 15.6 Å². The zero-order valence-corrected chi connectivity index (χ0v) is 14.1. The SMILES string of the molecule is CC(Oc1ccccc1F)C(=O)NNC(=O)CCCc1cccs1. The highest BCUT2D eigenvalue weighted by molar-refractivity contribution is 7.09. The van der Waals surface area contributed by atoms with E-state index >= 15 is 0 Å². The summed E-state index contributed by atoms with van der Waals surface area (Å²) in [6.45, 7) is 1.48. The number of nitrogens with one attached hydrogen (secondary N) is 2. The number of halogens is 1. The molecule has 0 bridgehead atoms. The number of para-hydroxylation sites is 1. The molecule has 2 N–H and O–H groups in total. The molecule has 1 unspecified atom stereocenters. The molecule has 24 heavy (non-hydrogen) atoms. The van der Waals surface area contributed by atoms with Gasteiger partial charge in [0.25, 0.3) is 5.91 Å². The first kappa shape index (κ1) is 17.9. The summed E-state index contributed by atoms with van der Waals surface area (Å²) >= 11 is 1.65. The van der Waals surface area contributed by atoms with Crippen LogP contribution >= 0.6 is 11.3 Å². The molecule has 0 aliphatic rings. The number of amides is 2. The van der Waals surface area contributed by atoms with E-state index in [1.165, 1.54) is 30.0 Å². The Morgan fingerprint density at radius 3 is 2.71 bits per heavy atom. The summed E-state index contributed by atoms with van der Waals surface area (Å²) in [5.74, 6) is -1.39. The van der Waals surface area contributed by atoms with E-state index in [1.54, 1.807) is 17.4 Å². The summed E-state index contributed by atoms with van der Waals surface area (Å²) in [6, 6.07) is 9.81. The molecule has 0 radical (unpaired) electrons. The van der Waals surface area contributed by atoms with Gasteiger partial charge in [-0.2, -0.15) is 0 Å². The van der Waals surface area contributed by atoms with Crippen molar-refractivity contribution in [3.05, 3.63) is 52.5 Å². The third-order valence-corrected chi connectivity index (χ3v) is 4.18. The first-order chi connectivity index (χ1) is 11.6. The number of rotatable bonds is 7. The average molecular weight is 350 g/mol. The van der Waals surface area contributed by atoms with Gasteiger partial charge < -0.3 is 4.74 Å². The highest BCUT2D eigenvalue weighted by atomic mass is 32.1. The van der Waals surface area contributed by atoms with Gasteiger partial charge in [0, 0.05) is 11.3 Å². The molecule has 2 rings (SSSR count). The Labute approximate surface area is 143 Å². The Kier molecular flexibility index (Phi) is 6.74. The first-order valence-electron chi connectivity index (χ1n) is 7.58. The van der Waals surface area contributed by atoms with Crippen LogP contribution in [0.25, 0.3) is 0 Å². The van der Waals surface area contributed by atoms with Crippen LogP contribution in [-0.4, -0.2) is 17.9 Å². The van der Waals surface area contributed by atoms with Crippen molar-refractivity contribution in [2.24, 2.45) is 0 Å². The number of ether oxygens (including phenoxy) is 1. The van der Waals surface area contributed by atoms with Crippen molar-refractivity contribution < 1.29 is 18.7 Å². The Hall–Kier alpha value is -2.41. The lowest BCUT2D eigenvalue weighted by Gasteiger charge is -2.15. The molecular formula is C17H19FN2O3S. The fraction of sp³-hybridized carbons (Fsp3) is 0.294. The third-order valence-electron chi connectivity index (χ3n) is 3.24. The highest BCUT2D eigenvalue weighted by Crippen LogP contribution is 2.17. The molecule has 0 fully saturated rings. The van der Waals surface area contributed by atoms with Gasteiger partial charge in [-0.05, 0) is 43.3 Å². The van der Waals surface area contributed by atoms with Crippen LogP contribution in [0.1, 0.15) is 24.6 Å². The number of benzene rings is 1. The predicted molar refractivity (Wildman–Crippen MR) is 90.0 cm³/mol. The fourth-order valence-electron chi connectivity index (χ4n) is 1.96. The lowest BCUT2D eigenvalue weighted by Crippen LogP contribution is -2.47. The van der Waals surface area contributed by atoms with Gasteiger partial charge in [-0.1, -0.05) is 18.2 Å². The minimum atomic E-state index is -0.937. The van der Waals surface area contributed by atoms with E-state index in [0.29, 0.717) is 12.8 Å². The lowest BCUT2D eigenvalue weighted by molar-refractivity contribution is -0.132. The Balaban J connectivity index is 1.68. The average Bonchev–Trinajstić information content (AvgIpc) is 3.08. The molecular weight excluding hydrogens is 331 g/mol. The second kappa shape index (κ2) is 9.02. The Bertz CT molecular complexity index is 676. The molecule has 7 heteroatoms. The topological polar surface area (TPSA) is 67.4 Å². The number of carbonyl (C=O) groups is 2. The van der Waals surface area contributed by atoms with Crippen molar-refractivity contribution in [3.8, 4) is 5.75 Å². The van der Waals surface area contributed by atoms with Gasteiger partial charge in [0.05, 0.1) is 0 Å². The molecule has 1 heterocycles. The van der Waals surface area contributed by atoms with Gasteiger partial charge >= 0.3 is 0 Å². The smallest absolute Gasteiger partial charge is 0.279 e. The van der Waals surface area contributed by atoms with Gasteiger partial charge in [0.15, 0.2) is 17.7 Å². The van der Waals surface area contributed by atoms with E-state index in [9.17, 15) is 14.0 Å². The van der Waals surface area contributed by atoms with Crippen LogP contribution in [-0.2, 0) is 16.0 Å². The van der Waals surface area contributed by atoms with E-state index < -0.39 is 17.8 Å². The zero-order valence-electron chi connectivity index (χ0n) is 13.3. The molecule has 0 aliphatic carbocycles. The monoisotopic (exact) mass is 350 g/mol. The number of thiophene rings is 1. The quantitative estimate of drug-likeness (QED) is 0.755. The van der Waals surface area contributed by atoms with Gasteiger partial charge in [-0.25, -0.2) is 4.39 Å². The number of carbonyl (C=O) groups excluding carboxylic acids is 2. The molecule has 0 aliphatic heterocycles. The van der Waals surface area contributed by atoms with Crippen LogP contribution in [0.2, 0.25) is 0 Å². The standard InChI is InChI=1S/C17H19FN2O3S/c1-12(23-15-9-3-2-8-14(15)18)17(22)20-19-16(21)10-4-6-13-7-5-11-24-13/h2-3,5,7-9,11-12H,4,6,10H2,1H3,(H,19,21)(H,20,22). The minimum Gasteiger partial charge on any atom is -0.478 e. The van der Waals surface area contributed by atoms with Gasteiger partial charge in [-0.15, -0.1) is 11.3 Å². The molecule has 2 aromatic rings. The largest absolute Gasteiger partial charge is 0.478 e.